The fraction of sp³-hybridized carbons (Fsp3) is 0.0545. The van der Waals surface area contributed by atoms with Crippen molar-refractivity contribution in [1.29, 1.82) is 0 Å². The Labute approximate surface area is 340 Å². The molecule has 4 nitrogen and oxygen atoms in total. The fourth-order valence-corrected chi connectivity index (χ4v) is 9.13. The predicted molar refractivity (Wildman–Crippen MR) is 244 cm³/mol. The van der Waals surface area contributed by atoms with E-state index in [-0.39, 0.29) is 0 Å². The third kappa shape index (κ3) is 5.44. The van der Waals surface area contributed by atoms with E-state index in [4.69, 9.17) is 13.3 Å². The van der Waals surface area contributed by atoms with E-state index < -0.39 is 0 Å². The molecule has 1 unspecified atom stereocenters. The maximum atomic E-state index is 6.42. The highest BCUT2D eigenvalue weighted by atomic mass is 16.3. The Morgan fingerprint density at radius 1 is 0.424 bits per heavy atom. The molecule has 0 radical (unpaired) electrons. The summed E-state index contributed by atoms with van der Waals surface area (Å²) in [5.74, 6) is 1.48. The van der Waals surface area contributed by atoms with E-state index in [9.17, 15) is 0 Å². The molecule has 280 valence electrons. The number of furan rings is 3. The third-order valence-corrected chi connectivity index (χ3v) is 12.1. The first kappa shape index (κ1) is 33.6. The first-order chi connectivity index (χ1) is 29.1. The van der Waals surface area contributed by atoms with Gasteiger partial charge in [-0.25, -0.2) is 0 Å². The van der Waals surface area contributed by atoms with Crippen LogP contribution in [0.25, 0.3) is 94.3 Å². The molecule has 0 amide bonds. The van der Waals surface area contributed by atoms with Crippen LogP contribution in [0.5, 0.6) is 0 Å². The lowest BCUT2D eigenvalue weighted by molar-refractivity contribution is 0.504. The van der Waals surface area contributed by atoms with Gasteiger partial charge in [-0.1, -0.05) is 134 Å². The molecule has 0 saturated heterocycles. The third-order valence-electron chi connectivity index (χ3n) is 12.1. The van der Waals surface area contributed by atoms with Crippen molar-refractivity contribution in [3.63, 3.8) is 0 Å². The summed E-state index contributed by atoms with van der Waals surface area (Å²) in [4.78, 5) is 2.32. The molecule has 11 aromatic rings. The molecule has 12 rings (SSSR count). The van der Waals surface area contributed by atoms with Gasteiger partial charge < -0.3 is 18.2 Å². The number of rotatable bonds is 6. The summed E-state index contributed by atoms with van der Waals surface area (Å²) in [6.07, 6.45) is 5.49. The Kier molecular flexibility index (Phi) is 7.54. The Hall–Kier alpha value is -7.56. The molecule has 0 N–H and O–H groups in total. The van der Waals surface area contributed by atoms with Gasteiger partial charge in [0.25, 0.3) is 0 Å². The highest BCUT2D eigenvalue weighted by Crippen LogP contribution is 2.43. The van der Waals surface area contributed by atoms with E-state index in [1.54, 1.807) is 0 Å². The van der Waals surface area contributed by atoms with Gasteiger partial charge in [0.15, 0.2) is 0 Å². The van der Waals surface area contributed by atoms with E-state index in [0.717, 1.165) is 107 Å². The number of hydrogen-bond donors (Lipinski definition) is 0. The number of benzene rings is 8. The van der Waals surface area contributed by atoms with Crippen LogP contribution in [0.4, 0.5) is 17.1 Å². The van der Waals surface area contributed by atoms with E-state index in [1.807, 2.05) is 24.3 Å². The van der Waals surface area contributed by atoms with E-state index in [0.29, 0.717) is 5.92 Å². The normalized spacial score (nSPS) is 13.9. The lowest BCUT2D eigenvalue weighted by atomic mass is 9.93. The molecule has 4 heteroatoms. The summed E-state index contributed by atoms with van der Waals surface area (Å²) in [5, 5.41) is 5.68. The molecule has 8 aromatic carbocycles. The summed E-state index contributed by atoms with van der Waals surface area (Å²) in [7, 11) is 0. The Morgan fingerprint density at radius 2 is 0.898 bits per heavy atom. The number of hydrogen-bond acceptors (Lipinski definition) is 4. The van der Waals surface area contributed by atoms with Gasteiger partial charge in [0.1, 0.15) is 33.7 Å². The molecule has 3 aromatic heterocycles. The molecule has 59 heavy (non-hydrogen) atoms. The summed E-state index contributed by atoms with van der Waals surface area (Å²) >= 11 is 0. The maximum Gasteiger partial charge on any atom is 0.143 e. The van der Waals surface area contributed by atoms with Crippen LogP contribution in [0.3, 0.4) is 0 Å². The molecule has 1 aliphatic rings. The Bertz CT molecular complexity index is 3260. The van der Waals surface area contributed by atoms with Crippen LogP contribution >= 0.6 is 0 Å². The molecule has 0 aliphatic heterocycles. The average Bonchev–Trinajstić information content (AvgIpc) is 3.99. The Balaban J connectivity index is 0.940. The van der Waals surface area contributed by atoms with Crippen LogP contribution < -0.4 is 4.90 Å². The van der Waals surface area contributed by atoms with Crippen LogP contribution in [0.2, 0.25) is 0 Å². The van der Waals surface area contributed by atoms with E-state index in [1.165, 1.54) is 16.5 Å². The van der Waals surface area contributed by atoms with Crippen molar-refractivity contribution in [1.82, 2.24) is 0 Å². The molecule has 0 fully saturated rings. The minimum Gasteiger partial charge on any atom is -0.460 e. The van der Waals surface area contributed by atoms with Crippen molar-refractivity contribution in [3.05, 3.63) is 193 Å². The first-order valence-electron chi connectivity index (χ1n) is 20.3. The molecule has 0 saturated carbocycles. The van der Waals surface area contributed by atoms with Gasteiger partial charge in [-0.05, 0) is 89.3 Å². The first-order valence-corrected chi connectivity index (χ1v) is 20.3. The topological polar surface area (TPSA) is 42.7 Å². The molecule has 3 heterocycles. The lowest BCUT2D eigenvalue weighted by Crippen LogP contribution is -2.09. The summed E-state index contributed by atoms with van der Waals surface area (Å²) in [6, 6.07) is 62.4. The van der Waals surface area contributed by atoms with Crippen molar-refractivity contribution < 1.29 is 13.3 Å². The fourth-order valence-electron chi connectivity index (χ4n) is 9.13. The van der Waals surface area contributed by atoms with Crippen molar-refractivity contribution in [2.75, 3.05) is 4.90 Å². The maximum absolute atomic E-state index is 6.42. The number of allylic oxidation sites excluding steroid dienone is 1. The van der Waals surface area contributed by atoms with Gasteiger partial charge in [-0.3, -0.25) is 0 Å². The van der Waals surface area contributed by atoms with Crippen LogP contribution in [-0.4, -0.2) is 0 Å². The summed E-state index contributed by atoms with van der Waals surface area (Å²) in [5.41, 5.74) is 15.6. The SMILES string of the molecule is CC1CC=Cc2c1oc1ccc(-c3ccc(N(c4ccc(-c5cccc6c5oc5ccccc56)cc4)c4ccc(-c5cccc6c5oc5ccccc56)cc4)cc3)cc21. The van der Waals surface area contributed by atoms with Crippen molar-refractivity contribution in [3.8, 4) is 33.4 Å². The van der Waals surface area contributed by atoms with Crippen LogP contribution in [0.1, 0.15) is 30.6 Å². The largest absolute Gasteiger partial charge is 0.460 e. The van der Waals surface area contributed by atoms with Gasteiger partial charge in [-0.2, -0.15) is 0 Å². The van der Waals surface area contributed by atoms with Crippen LogP contribution in [0, 0.1) is 0 Å². The van der Waals surface area contributed by atoms with Gasteiger partial charge in [0, 0.05) is 66.6 Å². The number of fused-ring (bicyclic) bond motifs is 9. The van der Waals surface area contributed by atoms with Gasteiger partial charge >= 0.3 is 0 Å². The monoisotopic (exact) mass is 759 g/mol. The highest BCUT2D eigenvalue weighted by Gasteiger charge is 2.21. The van der Waals surface area contributed by atoms with Crippen molar-refractivity contribution in [2.24, 2.45) is 0 Å². The van der Waals surface area contributed by atoms with Crippen LogP contribution in [0.15, 0.2) is 195 Å². The predicted octanol–water partition coefficient (Wildman–Crippen LogP) is 16.2. The highest BCUT2D eigenvalue weighted by molar-refractivity contribution is 6.10. The van der Waals surface area contributed by atoms with Crippen molar-refractivity contribution in [2.45, 2.75) is 19.3 Å². The van der Waals surface area contributed by atoms with Crippen molar-refractivity contribution >= 4 is 78.0 Å². The van der Waals surface area contributed by atoms with Gasteiger partial charge in [0.2, 0.25) is 0 Å². The molecular formula is C55H37NO3. The molecule has 1 atom stereocenters. The number of para-hydroxylation sites is 4. The minimum absolute atomic E-state index is 0.386. The zero-order valence-electron chi connectivity index (χ0n) is 32.4. The molecular weight excluding hydrogens is 723 g/mol. The molecule has 0 bridgehead atoms. The summed E-state index contributed by atoms with van der Waals surface area (Å²) in [6.45, 7) is 2.24. The van der Waals surface area contributed by atoms with E-state index >= 15 is 0 Å². The standard InChI is InChI=1S/C55H37NO3/c1-34-9-6-14-48-49-33-38(25-32-52(49)57-53(34)48)35-19-26-39(27-20-35)56(40-28-21-36(22-29-40)42-12-7-15-46-44-10-2-4-17-50(44)58-54(42)46)41-30-23-37(24-31-41)43-13-8-16-47-45-11-3-5-18-51(45)59-55(43)47/h2-8,10-34H,9H2,1H3. The second-order valence-corrected chi connectivity index (χ2v) is 15.7. The quantitative estimate of drug-likeness (QED) is 0.169. The zero-order valence-corrected chi connectivity index (χ0v) is 32.4. The average molecular weight is 760 g/mol. The summed E-state index contributed by atoms with van der Waals surface area (Å²) < 4.78 is 19.2. The second-order valence-electron chi connectivity index (χ2n) is 15.7. The Morgan fingerprint density at radius 3 is 1.46 bits per heavy atom. The lowest BCUT2D eigenvalue weighted by Gasteiger charge is -2.26. The van der Waals surface area contributed by atoms with E-state index in [2.05, 4.69) is 176 Å². The minimum atomic E-state index is 0.386. The second kappa shape index (κ2) is 13.3. The molecule has 0 spiro atoms. The van der Waals surface area contributed by atoms with Crippen LogP contribution in [-0.2, 0) is 0 Å². The number of anilines is 3. The van der Waals surface area contributed by atoms with Gasteiger partial charge in [-0.15, -0.1) is 0 Å². The van der Waals surface area contributed by atoms with Gasteiger partial charge in [0.05, 0.1) is 0 Å². The molecule has 1 aliphatic carbocycles. The number of nitrogens with zero attached hydrogens (tertiary/aromatic N) is 1. The smallest absolute Gasteiger partial charge is 0.143 e. The zero-order chi connectivity index (χ0) is 39.0.